The van der Waals surface area contributed by atoms with Crippen LogP contribution in [0, 0.1) is 5.92 Å². The minimum Gasteiger partial charge on any atom is -0.308 e. The fourth-order valence-corrected chi connectivity index (χ4v) is 2.38. The molecule has 0 aromatic heterocycles. The second kappa shape index (κ2) is 7.88. The highest BCUT2D eigenvalue weighted by atomic mass is 35.5. The van der Waals surface area contributed by atoms with E-state index in [0.29, 0.717) is 18.0 Å². The monoisotopic (exact) mass is 282 g/mol. The second-order valence-corrected chi connectivity index (χ2v) is 6.23. The Kier molecular flexibility index (Phi) is 6.84. The van der Waals surface area contributed by atoms with E-state index in [1.807, 2.05) is 12.1 Å². The standard InChI is InChI=1S/C16H27ClN2/c1-6-15(13-7-9-14(17)10-8-13)18-16(12(2)3)11-19(4)5/h7-10,12,15-16,18H,6,11H2,1-5H3. The molecule has 1 rings (SSSR count). The third-order valence-electron chi connectivity index (χ3n) is 3.46. The minimum absolute atomic E-state index is 0.393. The first-order chi connectivity index (χ1) is 8.93. The van der Waals surface area contributed by atoms with Gasteiger partial charge in [0, 0.05) is 23.7 Å². The smallest absolute Gasteiger partial charge is 0.0406 e. The first-order valence-corrected chi connectivity index (χ1v) is 7.48. The number of benzene rings is 1. The quantitative estimate of drug-likeness (QED) is 0.814. The first-order valence-electron chi connectivity index (χ1n) is 7.10. The summed E-state index contributed by atoms with van der Waals surface area (Å²) < 4.78 is 0. The molecule has 0 radical (unpaired) electrons. The van der Waals surface area contributed by atoms with Crippen molar-refractivity contribution in [3.05, 3.63) is 34.9 Å². The van der Waals surface area contributed by atoms with Gasteiger partial charge in [0.05, 0.1) is 0 Å². The van der Waals surface area contributed by atoms with Crippen LogP contribution in [0.2, 0.25) is 5.02 Å². The Bertz CT molecular complexity index is 360. The van der Waals surface area contributed by atoms with E-state index < -0.39 is 0 Å². The Balaban J connectivity index is 2.76. The van der Waals surface area contributed by atoms with Crippen molar-refractivity contribution in [3.63, 3.8) is 0 Å². The Labute approximate surface area is 123 Å². The van der Waals surface area contributed by atoms with Crippen LogP contribution in [0.15, 0.2) is 24.3 Å². The average molecular weight is 283 g/mol. The van der Waals surface area contributed by atoms with Crippen LogP contribution in [0.1, 0.15) is 38.8 Å². The van der Waals surface area contributed by atoms with E-state index in [9.17, 15) is 0 Å². The van der Waals surface area contributed by atoms with E-state index in [4.69, 9.17) is 11.6 Å². The lowest BCUT2D eigenvalue weighted by Crippen LogP contribution is -2.43. The van der Waals surface area contributed by atoms with Gasteiger partial charge in [-0.3, -0.25) is 0 Å². The Morgan fingerprint density at radius 1 is 1.16 bits per heavy atom. The molecule has 1 aromatic carbocycles. The summed E-state index contributed by atoms with van der Waals surface area (Å²) in [6, 6.07) is 9.07. The summed E-state index contributed by atoms with van der Waals surface area (Å²) in [5.41, 5.74) is 1.32. The van der Waals surface area contributed by atoms with E-state index in [1.165, 1.54) is 5.56 Å². The van der Waals surface area contributed by atoms with Crippen molar-refractivity contribution in [1.82, 2.24) is 10.2 Å². The molecule has 0 heterocycles. The molecule has 0 amide bonds. The van der Waals surface area contributed by atoms with Gasteiger partial charge in [0.1, 0.15) is 0 Å². The maximum absolute atomic E-state index is 5.96. The molecule has 1 N–H and O–H groups in total. The van der Waals surface area contributed by atoms with Gasteiger partial charge >= 0.3 is 0 Å². The molecule has 3 heteroatoms. The molecule has 2 atom stereocenters. The van der Waals surface area contributed by atoms with Crippen LogP contribution in [0.25, 0.3) is 0 Å². The van der Waals surface area contributed by atoms with Gasteiger partial charge in [-0.2, -0.15) is 0 Å². The fraction of sp³-hybridized carbons (Fsp3) is 0.625. The molecule has 0 saturated carbocycles. The second-order valence-electron chi connectivity index (χ2n) is 5.79. The van der Waals surface area contributed by atoms with Crippen molar-refractivity contribution in [2.45, 2.75) is 39.3 Å². The molecular formula is C16H27ClN2. The summed E-state index contributed by atoms with van der Waals surface area (Å²) in [5.74, 6) is 0.615. The average Bonchev–Trinajstić information content (AvgIpc) is 2.35. The van der Waals surface area contributed by atoms with Crippen molar-refractivity contribution in [2.24, 2.45) is 5.92 Å². The molecule has 0 aliphatic carbocycles. The summed E-state index contributed by atoms with van der Waals surface area (Å²) in [5, 5.41) is 4.58. The van der Waals surface area contributed by atoms with E-state index in [2.05, 4.69) is 57.2 Å². The van der Waals surface area contributed by atoms with Crippen LogP contribution in [0.5, 0.6) is 0 Å². The molecule has 108 valence electrons. The molecule has 0 bridgehead atoms. The maximum atomic E-state index is 5.96. The number of hydrogen-bond acceptors (Lipinski definition) is 2. The Morgan fingerprint density at radius 3 is 2.16 bits per heavy atom. The summed E-state index contributed by atoms with van der Waals surface area (Å²) >= 11 is 5.96. The number of halogens is 1. The van der Waals surface area contributed by atoms with Gasteiger partial charge in [0.15, 0.2) is 0 Å². The number of hydrogen-bond donors (Lipinski definition) is 1. The molecule has 0 aliphatic rings. The summed E-state index contributed by atoms with van der Waals surface area (Å²) in [6.07, 6.45) is 1.08. The number of rotatable bonds is 7. The lowest BCUT2D eigenvalue weighted by Gasteiger charge is -2.30. The number of nitrogens with zero attached hydrogens (tertiary/aromatic N) is 1. The lowest BCUT2D eigenvalue weighted by molar-refractivity contribution is 0.267. The third kappa shape index (κ3) is 5.52. The van der Waals surface area contributed by atoms with Crippen molar-refractivity contribution in [3.8, 4) is 0 Å². The van der Waals surface area contributed by atoms with Crippen LogP contribution in [-0.2, 0) is 0 Å². The highest BCUT2D eigenvalue weighted by Gasteiger charge is 2.19. The van der Waals surface area contributed by atoms with Gasteiger partial charge in [-0.15, -0.1) is 0 Å². The molecule has 0 saturated heterocycles. The normalized spacial score (nSPS) is 14.9. The summed E-state index contributed by atoms with van der Waals surface area (Å²) in [6.45, 7) is 7.83. The van der Waals surface area contributed by atoms with E-state index in [1.54, 1.807) is 0 Å². The van der Waals surface area contributed by atoms with E-state index in [0.717, 1.165) is 18.0 Å². The van der Waals surface area contributed by atoms with Gasteiger partial charge in [-0.05, 0) is 44.1 Å². The predicted molar refractivity (Wildman–Crippen MR) is 84.8 cm³/mol. The zero-order valence-corrected chi connectivity index (χ0v) is 13.5. The topological polar surface area (TPSA) is 15.3 Å². The van der Waals surface area contributed by atoms with Crippen LogP contribution < -0.4 is 5.32 Å². The largest absolute Gasteiger partial charge is 0.308 e. The molecule has 2 nitrogen and oxygen atoms in total. The fourth-order valence-electron chi connectivity index (χ4n) is 2.25. The zero-order valence-electron chi connectivity index (χ0n) is 12.8. The van der Waals surface area contributed by atoms with Crippen molar-refractivity contribution >= 4 is 11.6 Å². The summed E-state index contributed by atoms with van der Waals surface area (Å²) in [7, 11) is 4.25. The van der Waals surface area contributed by atoms with Crippen LogP contribution in [-0.4, -0.2) is 31.6 Å². The van der Waals surface area contributed by atoms with Crippen LogP contribution in [0.4, 0.5) is 0 Å². The predicted octanol–water partition coefficient (Wildman–Crippen LogP) is 3.97. The molecule has 0 fully saturated rings. The third-order valence-corrected chi connectivity index (χ3v) is 3.71. The van der Waals surface area contributed by atoms with Gasteiger partial charge in [0.25, 0.3) is 0 Å². The minimum atomic E-state index is 0.393. The van der Waals surface area contributed by atoms with Crippen molar-refractivity contribution < 1.29 is 0 Å². The van der Waals surface area contributed by atoms with Gasteiger partial charge in [0.2, 0.25) is 0 Å². The Morgan fingerprint density at radius 2 is 1.74 bits per heavy atom. The first kappa shape index (κ1) is 16.5. The molecule has 19 heavy (non-hydrogen) atoms. The highest BCUT2D eigenvalue weighted by Crippen LogP contribution is 2.21. The van der Waals surface area contributed by atoms with Crippen molar-refractivity contribution in [2.75, 3.05) is 20.6 Å². The molecule has 1 aromatic rings. The van der Waals surface area contributed by atoms with Gasteiger partial charge in [-0.25, -0.2) is 0 Å². The number of likely N-dealkylation sites (N-methyl/N-ethyl adjacent to an activating group) is 1. The van der Waals surface area contributed by atoms with Gasteiger partial charge in [-0.1, -0.05) is 44.5 Å². The SMILES string of the molecule is CCC(NC(CN(C)C)C(C)C)c1ccc(Cl)cc1. The lowest BCUT2D eigenvalue weighted by atomic mass is 9.98. The van der Waals surface area contributed by atoms with E-state index >= 15 is 0 Å². The molecule has 0 spiro atoms. The molecular weight excluding hydrogens is 256 g/mol. The zero-order chi connectivity index (χ0) is 14.4. The van der Waals surface area contributed by atoms with Crippen LogP contribution in [0.3, 0.4) is 0 Å². The Hall–Kier alpha value is -0.570. The van der Waals surface area contributed by atoms with E-state index in [-0.39, 0.29) is 0 Å². The van der Waals surface area contributed by atoms with Crippen molar-refractivity contribution in [1.29, 1.82) is 0 Å². The van der Waals surface area contributed by atoms with Crippen LogP contribution >= 0.6 is 11.6 Å². The van der Waals surface area contributed by atoms with Gasteiger partial charge < -0.3 is 10.2 Å². The highest BCUT2D eigenvalue weighted by molar-refractivity contribution is 6.30. The number of nitrogens with one attached hydrogen (secondary N) is 1. The maximum Gasteiger partial charge on any atom is 0.0406 e. The molecule has 2 unspecified atom stereocenters. The summed E-state index contributed by atoms with van der Waals surface area (Å²) in [4.78, 5) is 2.24. The molecule has 0 aliphatic heterocycles.